The molecule has 0 spiro atoms. The number of nitro groups is 2. The number of hydrogen-bond acceptors (Lipinski definition) is 6. The van der Waals surface area contributed by atoms with Gasteiger partial charge in [-0.2, -0.15) is 0 Å². The third kappa shape index (κ3) is 3.42. The van der Waals surface area contributed by atoms with Gasteiger partial charge in [0.15, 0.2) is 0 Å². The summed E-state index contributed by atoms with van der Waals surface area (Å²) >= 11 is 0. The first-order chi connectivity index (χ1) is 10.4. The first-order valence-corrected chi connectivity index (χ1v) is 6.09. The van der Waals surface area contributed by atoms with E-state index in [0.29, 0.717) is 0 Å². The number of hydrogen-bond donors (Lipinski definition) is 0. The number of aryl methyl sites for hydroxylation is 1. The van der Waals surface area contributed by atoms with Crippen LogP contribution in [-0.4, -0.2) is 15.8 Å². The molecule has 0 fully saturated rings. The molecule has 0 amide bonds. The zero-order chi connectivity index (χ0) is 16.3. The van der Waals surface area contributed by atoms with Gasteiger partial charge in [0, 0.05) is 12.1 Å². The van der Waals surface area contributed by atoms with Crippen LogP contribution in [-0.2, 0) is 0 Å². The van der Waals surface area contributed by atoms with Crippen molar-refractivity contribution in [1.82, 2.24) is 0 Å². The minimum absolute atomic E-state index is 0.241. The average molecular weight is 302 g/mol. The van der Waals surface area contributed by atoms with Crippen molar-refractivity contribution in [2.24, 2.45) is 0 Å². The number of benzene rings is 2. The fourth-order valence-electron chi connectivity index (χ4n) is 1.70. The maximum atomic E-state index is 12.0. The van der Waals surface area contributed by atoms with Crippen molar-refractivity contribution in [3.8, 4) is 5.75 Å². The van der Waals surface area contributed by atoms with Crippen LogP contribution < -0.4 is 4.74 Å². The fourth-order valence-corrected chi connectivity index (χ4v) is 1.70. The monoisotopic (exact) mass is 302 g/mol. The number of ether oxygens (including phenoxy) is 1. The molecule has 0 N–H and O–H groups in total. The summed E-state index contributed by atoms with van der Waals surface area (Å²) < 4.78 is 5.04. The highest BCUT2D eigenvalue weighted by Gasteiger charge is 2.21. The summed E-state index contributed by atoms with van der Waals surface area (Å²) in [6.07, 6.45) is 0. The van der Waals surface area contributed by atoms with Gasteiger partial charge in [0.2, 0.25) is 0 Å². The Labute approximate surface area is 124 Å². The van der Waals surface area contributed by atoms with Crippen LogP contribution in [0.3, 0.4) is 0 Å². The second-order valence-corrected chi connectivity index (χ2v) is 4.45. The van der Waals surface area contributed by atoms with Gasteiger partial charge in [-0.05, 0) is 19.1 Å². The molecule has 0 radical (unpaired) electrons. The Bertz CT molecular complexity index is 722. The zero-order valence-corrected chi connectivity index (χ0v) is 11.4. The van der Waals surface area contributed by atoms with Crippen molar-refractivity contribution in [2.45, 2.75) is 6.92 Å². The molecule has 8 nitrogen and oxygen atoms in total. The van der Waals surface area contributed by atoms with Crippen molar-refractivity contribution >= 4 is 17.3 Å². The van der Waals surface area contributed by atoms with Crippen LogP contribution in [0.25, 0.3) is 0 Å². The van der Waals surface area contributed by atoms with Crippen LogP contribution in [0.15, 0.2) is 42.5 Å². The molecule has 2 aromatic rings. The second-order valence-electron chi connectivity index (χ2n) is 4.45. The third-order valence-electron chi connectivity index (χ3n) is 2.79. The van der Waals surface area contributed by atoms with Crippen LogP contribution in [0.4, 0.5) is 11.4 Å². The van der Waals surface area contributed by atoms with E-state index in [4.69, 9.17) is 4.74 Å². The summed E-state index contributed by atoms with van der Waals surface area (Å²) in [6.45, 7) is 1.86. The molecule has 22 heavy (non-hydrogen) atoms. The summed E-state index contributed by atoms with van der Waals surface area (Å²) in [6, 6.07) is 9.20. The number of nitrogens with zero attached hydrogens (tertiary/aromatic N) is 2. The highest BCUT2D eigenvalue weighted by molar-refractivity contribution is 5.92. The molecule has 0 unspecified atom stereocenters. The van der Waals surface area contributed by atoms with Crippen molar-refractivity contribution in [3.05, 3.63) is 73.8 Å². The summed E-state index contributed by atoms with van der Waals surface area (Å²) in [5, 5.41) is 21.6. The highest BCUT2D eigenvalue weighted by Crippen LogP contribution is 2.24. The van der Waals surface area contributed by atoms with E-state index in [2.05, 4.69) is 0 Å². The zero-order valence-electron chi connectivity index (χ0n) is 11.4. The Kier molecular flexibility index (Phi) is 4.12. The SMILES string of the molecule is Cc1ccc(OC(=O)c2cc([N+](=O)[O-])cc([N+](=O)[O-])c2)cc1. The van der Waals surface area contributed by atoms with Gasteiger partial charge in [-0.15, -0.1) is 0 Å². The van der Waals surface area contributed by atoms with Gasteiger partial charge in [-0.1, -0.05) is 17.7 Å². The minimum Gasteiger partial charge on any atom is -0.423 e. The lowest BCUT2D eigenvalue weighted by atomic mass is 10.1. The fraction of sp³-hybridized carbons (Fsp3) is 0.0714. The van der Waals surface area contributed by atoms with Crippen molar-refractivity contribution in [1.29, 1.82) is 0 Å². The Morgan fingerprint density at radius 3 is 1.91 bits per heavy atom. The molecule has 0 saturated heterocycles. The summed E-state index contributed by atoms with van der Waals surface area (Å²) in [7, 11) is 0. The van der Waals surface area contributed by atoms with Crippen LogP contribution in [0.5, 0.6) is 5.75 Å². The van der Waals surface area contributed by atoms with E-state index in [1.165, 1.54) is 0 Å². The number of rotatable bonds is 4. The average Bonchev–Trinajstić information content (AvgIpc) is 2.49. The molecule has 0 aromatic heterocycles. The number of carbonyl (C=O) groups excluding carboxylic acids is 1. The molecule has 0 aliphatic carbocycles. The number of non-ortho nitro benzene ring substituents is 2. The maximum Gasteiger partial charge on any atom is 0.344 e. The standard InChI is InChI=1S/C14H10N2O6/c1-9-2-4-13(5-3-9)22-14(17)10-6-11(15(18)19)8-12(7-10)16(20)21/h2-8H,1H3. The quantitative estimate of drug-likeness (QED) is 0.371. The van der Waals surface area contributed by atoms with Gasteiger partial charge in [0.05, 0.1) is 21.5 Å². The highest BCUT2D eigenvalue weighted by atomic mass is 16.6. The van der Waals surface area contributed by atoms with Gasteiger partial charge in [-0.25, -0.2) is 4.79 Å². The van der Waals surface area contributed by atoms with Gasteiger partial charge >= 0.3 is 5.97 Å². The smallest absolute Gasteiger partial charge is 0.344 e. The molecule has 112 valence electrons. The minimum atomic E-state index is -0.907. The van der Waals surface area contributed by atoms with Crippen LogP contribution in [0.2, 0.25) is 0 Å². The van der Waals surface area contributed by atoms with Crippen molar-refractivity contribution in [3.63, 3.8) is 0 Å². The predicted octanol–water partition coefficient (Wildman–Crippen LogP) is 3.03. The van der Waals surface area contributed by atoms with E-state index in [1.807, 2.05) is 6.92 Å². The van der Waals surface area contributed by atoms with E-state index in [9.17, 15) is 25.0 Å². The molecule has 0 atom stereocenters. The number of esters is 1. The van der Waals surface area contributed by atoms with Gasteiger partial charge < -0.3 is 4.74 Å². The molecule has 2 rings (SSSR count). The normalized spacial score (nSPS) is 10.0. The van der Waals surface area contributed by atoms with Crippen molar-refractivity contribution < 1.29 is 19.4 Å². The lowest BCUT2D eigenvalue weighted by Crippen LogP contribution is -2.09. The van der Waals surface area contributed by atoms with E-state index in [1.54, 1.807) is 24.3 Å². The van der Waals surface area contributed by atoms with Crippen LogP contribution >= 0.6 is 0 Å². The lowest BCUT2D eigenvalue weighted by molar-refractivity contribution is -0.394. The summed E-state index contributed by atoms with van der Waals surface area (Å²) in [5.41, 5.74) is -0.401. The Morgan fingerprint density at radius 1 is 0.955 bits per heavy atom. The van der Waals surface area contributed by atoms with Crippen molar-refractivity contribution in [2.75, 3.05) is 0 Å². The lowest BCUT2D eigenvalue weighted by Gasteiger charge is -2.04. The molecule has 8 heteroatoms. The van der Waals surface area contributed by atoms with E-state index in [-0.39, 0.29) is 11.3 Å². The van der Waals surface area contributed by atoms with E-state index >= 15 is 0 Å². The molecular formula is C14H10N2O6. The molecule has 2 aromatic carbocycles. The predicted molar refractivity (Wildman–Crippen MR) is 75.9 cm³/mol. The molecule has 0 bridgehead atoms. The van der Waals surface area contributed by atoms with E-state index in [0.717, 1.165) is 23.8 Å². The maximum absolute atomic E-state index is 12.0. The molecular weight excluding hydrogens is 292 g/mol. The largest absolute Gasteiger partial charge is 0.423 e. The third-order valence-corrected chi connectivity index (χ3v) is 2.79. The molecule has 0 heterocycles. The van der Waals surface area contributed by atoms with Gasteiger partial charge in [0.25, 0.3) is 11.4 Å². The first-order valence-electron chi connectivity index (χ1n) is 6.09. The molecule has 0 saturated carbocycles. The second kappa shape index (κ2) is 6.00. The number of carbonyl (C=O) groups is 1. The summed E-state index contributed by atoms with van der Waals surface area (Å²) in [4.78, 5) is 31.9. The van der Waals surface area contributed by atoms with E-state index < -0.39 is 27.2 Å². The Hall–Kier alpha value is -3.29. The molecule has 0 aliphatic rings. The molecule has 0 aliphatic heterocycles. The first kappa shape index (κ1) is 15.1. The van der Waals surface area contributed by atoms with Gasteiger partial charge in [0.1, 0.15) is 5.75 Å². The van der Waals surface area contributed by atoms with Gasteiger partial charge in [-0.3, -0.25) is 20.2 Å². The Balaban J connectivity index is 2.34. The summed E-state index contributed by atoms with van der Waals surface area (Å²) in [5.74, 6) is -0.666. The Morgan fingerprint density at radius 2 is 1.45 bits per heavy atom. The van der Waals surface area contributed by atoms with Crippen LogP contribution in [0.1, 0.15) is 15.9 Å². The topological polar surface area (TPSA) is 113 Å². The number of nitro benzene ring substituents is 2. The van der Waals surface area contributed by atoms with Crippen LogP contribution in [0, 0.1) is 27.2 Å².